The second-order valence-corrected chi connectivity index (χ2v) is 7.13. The molecule has 2 heterocycles. The summed E-state index contributed by atoms with van der Waals surface area (Å²) in [5, 5.41) is 4.44. The second-order valence-electron chi connectivity index (χ2n) is 4.90. The van der Waals surface area contributed by atoms with Gasteiger partial charge in [0.05, 0.1) is 11.4 Å². The number of imidazole rings is 1. The number of aromatic nitrogens is 3. The van der Waals surface area contributed by atoms with Crippen LogP contribution < -0.4 is 0 Å². The van der Waals surface area contributed by atoms with Gasteiger partial charge in [-0.05, 0) is 40.6 Å². The fourth-order valence-electron chi connectivity index (χ4n) is 2.18. The molecular formula is C10H12BrN3S. The Kier molecular flexibility index (Phi) is 1.98. The van der Waals surface area contributed by atoms with Gasteiger partial charge in [0.1, 0.15) is 0 Å². The Morgan fingerprint density at radius 3 is 3.07 bits per heavy atom. The van der Waals surface area contributed by atoms with Crippen LogP contribution in [0.4, 0.5) is 0 Å². The predicted molar refractivity (Wildman–Crippen MR) is 64.4 cm³/mol. The smallest absolute Gasteiger partial charge is 0.213 e. The normalized spacial score (nSPS) is 19.4. The standard InChI is InChI=1S/C10H12BrN3S/c1-10(2)4-3-6-7(5-10)14-9(12-6)15-8(11)13-14/h3-5H2,1-2H3. The average Bonchev–Trinajstić information content (AvgIpc) is 2.61. The van der Waals surface area contributed by atoms with Crippen molar-refractivity contribution < 1.29 is 0 Å². The fraction of sp³-hybridized carbons (Fsp3) is 0.600. The topological polar surface area (TPSA) is 30.2 Å². The predicted octanol–water partition coefficient (Wildman–Crippen LogP) is 3.07. The van der Waals surface area contributed by atoms with Crippen molar-refractivity contribution in [2.24, 2.45) is 5.41 Å². The zero-order valence-electron chi connectivity index (χ0n) is 8.75. The van der Waals surface area contributed by atoms with E-state index in [2.05, 4.69) is 39.9 Å². The van der Waals surface area contributed by atoms with Gasteiger partial charge < -0.3 is 0 Å². The van der Waals surface area contributed by atoms with Gasteiger partial charge in [-0.3, -0.25) is 0 Å². The zero-order chi connectivity index (χ0) is 10.6. The minimum absolute atomic E-state index is 0.388. The average molecular weight is 286 g/mol. The highest BCUT2D eigenvalue weighted by Crippen LogP contribution is 2.35. The third-order valence-electron chi connectivity index (χ3n) is 3.04. The highest BCUT2D eigenvalue weighted by Gasteiger charge is 2.29. The molecule has 0 N–H and O–H groups in total. The Morgan fingerprint density at radius 2 is 2.27 bits per heavy atom. The quantitative estimate of drug-likeness (QED) is 0.745. The lowest BCUT2D eigenvalue weighted by Gasteiger charge is -2.28. The van der Waals surface area contributed by atoms with Crippen LogP contribution in [0.1, 0.15) is 31.7 Å². The van der Waals surface area contributed by atoms with Gasteiger partial charge >= 0.3 is 0 Å². The molecule has 5 heteroatoms. The van der Waals surface area contributed by atoms with Crippen LogP contribution in [0.5, 0.6) is 0 Å². The highest BCUT2D eigenvalue weighted by molar-refractivity contribution is 9.11. The summed E-state index contributed by atoms with van der Waals surface area (Å²) in [5.74, 6) is 0. The van der Waals surface area contributed by atoms with Gasteiger partial charge in [-0.2, -0.15) is 0 Å². The first-order valence-electron chi connectivity index (χ1n) is 5.08. The van der Waals surface area contributed by atoms with E-state index in [4.69, 9.17) is 0 Å². The maximum absolute atomic E-state index is 4.63. The molecule has 3 nitrogen and oxygen atoms in total. The molecule has 0 spiro atoms. The van der Waals surface area contributed by atoms with E-state index >= 15 is 0 Å². The monoisotopic (exact) mass is 285 g/mol. The van der Waals surface area contributed by atoms with Crippen LogP contribution >= 0.6 is 27.3 Å². The van der Waals surface area contributed by atoms with Crippen LogP contribution in [0.3, 0.4) is 0 Å². The second kappa shape index (κ2) is 3.04. The SMILES string of the molecule is CC1(C)CCc2nc3sc(Br)nn3c2C1. The zero-order valence-corrected chi connectivity index (χ0v) is 11.2. The van der Waals surface area contributed by atoms with Gasteiger partial charge in [0.25, 0.3) is 0 Å². The van der Waals surface area contributed by atoms with E-state index in [0.717, 1.165) is 21.7 Å². The van der Waals surface area contributed by atoms with E-state index in [-0.39, 0.29) is 0 Å². The van der Waals surface area contributed by atoms with Crippen LogP contribution in [0, 0.1) is 5.41 Å². The maximum Gasteiger partial charge on any atom is 0.213 e. The van der Waals surface area contributed by atoms with E-state index in [9.17, 15) is 0 Å². The molecule has 0 amide bonds. The summed E-state index contributed by atoms with van der Waals surface area (Å²) >= 11 is 5.01. The van der Waals surface area contributed by atoms with Crippen molar-refractivity contribution in [1.29, 1.82) is 0 Å². The van der Waals surface area contributed by atoms with Gasteiger partial charge in [-0.1, -0.05) is 25.2 Å². The van der Waals surface area contributed by atoms with E-state index in [1.165, 1.54) is 17.8 Å². The maximum atomic E-state index is 4.63. The lowest BCUT2D eigenvalue weighted by atomic mass is 9.78. The number of rotatable bonds is 0. The van der Waals surface area contributed by atoms with Crippen LogP contribution in [0.25, 0.3) is 4.96 Å². The largest absolute Gasteiger partial charge is 0.222 e. The van der Waals surface area contributed by atoms with Gasteiger partial charge in [0.15, 0.2) is 3.92 Å². The van der Waals surface area contributed by atoms with Crippen LogP contribution in [-0.2, 0) is 12.8 Å². The van der Waals surface area contributed by atoms with E-state index in [0.29, 0.717) is 5.41 Å². The van der Waals surface area contributed by atoms with Crippen LogP contribution in [-0.4, -0.2) is 14.6 Å². The van der Waals surface area contributed by atoms with E-state index < -0.39 is 0 Å². The molecule has 1 aliphatic rings. The Hall–Kier alpha value is -0.420. The van der Waals surface area contributed by atoms with Crippen molar-refractivity contribution in [1.82, 2.24) is 14.6 Å². The number of aryl methyl sites for hydroxylation is 1. The molecule has 2 aromatic rings. The fourth-order valence-corrected chi connectivity index (χ4v) is 3.44. The summed E-state index contributed by atoms with van der Waals surface area (Å²) < 4.78 is 2.92. The van der Waals surface area contributed by atoms with Crippen molar-refractivity contribution in [2.75, 3.05) is 0 Å². The minimum Gasteiger partial charge on any atom is -0.222 e. The molecule has 0 atom stereocenters. The molecule has 0 unspecified atom stereocenters. The molecule has 0 fully saturated rings. The van der Waals surface area contributed by atoms with Crippen LogP contribution in [0.2, 0.25) is 0 Å². The van der Waals surface area contributed by atoms with Crippen molar-refractivity contribution >= 4 is 32.2 Å². The molecule has 0 saturated heterocycles. The van der Waals surface area contributed by atoms with Crippen molar-refractivity contribution in [3.05, 3.63) is 15.3 Å². The van der Waals surface area contributed by atoms with Gasteiger partial charge in [-0.25, -0.2) is 9.50 Å². The van der Waals surface area contributed by atoms with Crippen LogP contribution in [0.15, 0.2) is 3.92 Å². The summed E-state index contributed by atoms with van der Waals surface area (Å²) in [4.78, 5) is 5.65. The van der Waals surface area contributed by atoms with Gasteiger partial charge in [-0.15, -0.1) is 5.10 Å². The molecular weight excluding hydrogens is 274 g/mol. The molecule has 0 radical (unpaired) electrons. The number of hydrogen-bond acceptors (Lipinski definition) is 3. The summed E-state index contributed by atoms with van der Waals surface area (Å²) in [6.07, 6.45) is 3.40. The van der Waals surface area contributed by atoms with Crippen molar-refractivity contribution in [3.63, 3.8) is 0 Å². The van der Waals surface area contributed by atoms with Gasteiger partial charge in [0.2, 0.25) is 4.96 Å². The highest BCUT2D eigenvalue weighted by atomic mass is 79.9. The molecule has 2 aromatic heterocycles. The molecule has 0 saturated carbocycles. The molecule has 3 rings (SSSR count). The molecule has 0 aromatic carbocycles. The molecule has 15 heavy (non-hydrogen) atoms. The first kappa shape index (κ1) is 9.78. The minimum atomic E-state index is 0.388. The first-order chi connectivity index (χ1) is 7.05. The summed E-state index contributed by atoms with van der Waals surface area (Å²) in [6, 6.07) is 0. The number of hydrogen-bond donors (Lipinski definition) is 0. The summed E-state index contributed by atoms with van der Waals surface area (Å²) in [6.45, 7) is 4.63. The van der Waals surface area contributed by atoms with Crippen molar-refractivity contribution in [3.8, 4) is 0 Å². The van der Waals surface area contributed by atoms with Gasteiger partial charge in [0, 0.05) is 0 Å². The lowest BCUT2D eigenvalue weighted by Crippen LogP contribution is -2.23. The summed E-state index contributed by atoms with van der Waals surface area (Å²) in [5.41, 5.74) is 2.95. The Morgan fingerprint density at radius 1 is 1.47 bits per heavy atom. The van der Waals surface area contributed by atoms with E-state index in [1.54, 1.807) is 11.3 Å². The first-order valence-corrected chi connectivity index (χ1v) is 6.69. The third-order valence-corrected chi connectivity index (χ3v) is 4.38. The Bertz CT molecular complexity index is 526. The Labute approximate surface area is 101 Å². The number of fused-ring (bicyclic) bond motifs is 3. The molecule has 0 aliphatic heterocycles. The van der Waals surface area contributed by atoms with Crippen molar-refractivity contribution in [2.45, 2.75) is 33.1 Å². The molecule has 0 bridgehead atoms. The number of nitrogens with zero attached hydrogens (tertiary/aromatic N) is 3. The summed E-state index contributed by atoms with van der Waals surface area (Å²) in [7, 11) is 0. The van der Waals surface area contributed by atoms with E-state index in [1.807, 2.05) is 4.52 Å². The third kappa shape index (κ3) is 1.52. The Balaban J connectivity index is 2.20. The molecule has 80 valence electrons. The molecule has 1 aliphatic carbocycles. The number of halogens is 1. The lowest BCUT2D eigenvalue weighted by molar-refractivity contribution is 0.307.